The van der Waals surface area contributed by atoms with Gasteiger partial charge in [0.2, 0.25) is 5.91 Å². The van der Waals surface area contributed by atoms with Crippen LogP contribution in [0.5, 0.6) is 11.5 Å². The molecular formula is C22H20N4O3. The number of carbonyl (C=O) groups is 1. The van der Waals surface area contributed by atoms with Crippen LogP contribution in [0.25, 0.3) is 0 Å². The van der Waals surface area contributed by atoms with E-state index in [2.05, 4.69) is 21.7 Å². The van der Waals surface area contributed by atoms with Crippen LogP contribution in [0.3, 0.4) is 0 Å². The van der Waals surface area contributed by atoms with Crippen LogP contribution in [0, 0.1) is 11.3 Å². The maximum absolute atomic E-state index is 12.2. The molecule has 1 aromatic heterocycles. The molecule has 146 valence electrons. The molecule has 0 atom stereocenters. The third kappa shape index (κ3) is 5.71. The third-order valence-corrected chi connectivity index (χ3v) is 4.06. The molecule has 0 bridgehead atoms. The van der Waals surface area contributed by atoms with Crippen LogP contribution in [0.1, 0.15) is 11.1 Å². The van der Waals surface area contributed by atoms with E-state index in [0.717, 1.165) is 11.3 Å². The molecule has 0 unspecified atom stereocenters. The lowest BCUT2D eigenvalue weighted by Crippen LogP contribution is -2.21. The standard InChI is InChI=1S/C22H20N4O3/c1-28-20-7-6-19(12-21(20)29-15-17-8-10-24-11-9-17)26-22(27)14-25-18-4-2-16(13-23)3-5-18/h2-12,25H,14-15H2,1H3,(H,26,27). The number of nitriles is 1. The Balaban J connectivity index is 1.59. The topological polar surface area (TPSA) is 96.3 Å². The molecule has 7 nitrogen and oxygen atoms in total. The molecule has 0 aliphatic rings. The number of hydrogen-bond donors (Lipinski definition) is 2. The fraction of sp³-hybridized carbons (Fsp3) is 0.136. The quantitative estimate of drug-likeness (QED) is 0.612. The number of ether oxygens (including phenoxy) is 2. The van der Waals surface area contributed by atoms with Gasteiger partial charge in [-0.25, -0.2) is 0 Å². The molecule has 0 radical (unpaired) electrons. The van der Waals surface area contributed by atoms with E-state index < -0.39 is 0 Å². The van der Waals surface area contributed by atoms with Gasteiger partial charge in [0.25, 0.3) is 0 Å². The number of carbonyl (C=O) groups excluding carboxylic acids is 1. The van der Waals surface area contributed by atoms with Gasteiger partial charge in [-0.05, 0) is 54.1 Å². The molecule has 0 fully saturated rings. The van der Waals surface area contributed by atoms with Crippen molar-refractivity contribution in [2.45, 2.75) is 6.61 Å². The van der Waals surface area contributed by atoms with Crippen molar-refractivity contribution in [3.05, 3.63) is 78.1 Å². The first-order valence-electron chi connectivity index (χ1n) is 8.91. The molecule has 0 spiro atoms. The summed E-state index contributed by atoms with van der Waals surface area (Å²) in [5, 5.41) is 14.7. The number of pyridine rings is 1. The van der Waals surface area contributed by atoms with Crippen LogP contribution in [0.15, 0.2) is 67.0 Å². The summed E-state index contributed by atoms with van der Waals surface area (Å²) < 4.78 is 11.2. The number of rotatable bonds is 8. The lowest BCUT2D eigenvalue weighted by atomic mass is 10.2. The fourth-order valence-corrected chi connectivity index (χ4v) is 2.56. The van der Waals surface area contributed by atoms with E-state index in [4.69, 9.17) is 14.7 Å². The summed E-state index contributed by atoms with van der Waals surface area (Å²) in [5.41, 5.74) is 2.90. The molecule has 0 aliphatic carbocycles. The lowest BCUT2D eigenvalue weighted by molar-refractivity contribution is -0.114. The second-order valence-electron chi connectivity index (χ2n) is 6.10. The zero-order valence-electron chi connectivity index (χ0n) is 15.9. The van der Waals surface area contributed by atoms with Crippen molar-refractivity contribution in [2.24, 2.45) is 0 Å². The highest BCUT2D eigenvalue weighted by Crippen LogP contribution is 2.31. The Bertz CT molecular complexity index is 999. The van der Waals surface area contributed by atoms with E-state index in [0.29, 0.717) is 29.4 Å². The average Bonchev–Trinajstić information content (AvgIpc) is 2.77. The van der Waals surface area contributed by atoms with Gasteiger partial charge in [-0.2, -0.15) is 5.26 Å². The minimum atomic E-state index is -0.209. The van der Waals surface area contributed by atoms with Crippen LogP contribution in [-0.4, -0.2) is 24.5 Å². The lowest BCUT2D eigenvalue weighted by Gasteiger charge is -2.13. The molecule has 3 aromatic rings. The normalized spacial score (nSPS) is 9.93. The van der Waals surface area contributed by atoms with Gasteiger partial charge in [0, 0.05) is 29.8 Å². The van der Waals surface area contributed by atoms with Crippen molar-refractivity contribution in [3.63, 3.8) is 0 Å². The predicted molar refractivity (Wildman–Crippen MR) is 110 cm³/mol. The highest BCUT2D eigenvalue weighted by molar-refractivity contribution is 5.94. The monoisotopic (exact) mass is 388 g/mol. The Morgan fingerprint density at radius 2 is 1.76 bits per heavy atom. The summed E-state index contributed by atoms with van der Waals surface area (Å²) in [7, 11) is 1.56. The summed E-state index contributed by atoms with van der Waals surface area (Å²) in [5.74, 6) is 0.898. The van der Waals surface area contributed by atoms with Gasteiger partial charge in [0.15, 0.2) is 11.5 Å². The van der Waals surface area contributed by atoms with Gasteiger partial charge < -0.3 is 20.1 Å². The maximum atomic E-state index is 12.2. The number of anilines is 2. The van der Waals surface area contributed by atoms with Crippen LogP contribution < -0.4 is 20.1 Å². The smallest absolute Gasteiger partial charge is 0.243 e. The largest absolute Gasteiger partial charge is 0.493 e. The SMILES string of the molecule is COc1ccc(NC(=O)CNc2ccc(C#N)cc2)cc1OCc1ccncc1. The van der Waals surface area contributed by atoms with Crippen LogP contribution in [0.4, 0.5) is 11.4 Å². The summed E-state index contributed by atoms with van der Waals surface area (Å²) in [6.45, 7) is 0.446. The maximum Gasteiger partial charge on any atom is 0.243 e. The predicted octanol–water partition coefficient (Wildman–Crippen LogP) is 3.59. The van der Waals surface area contributed by atoms with E-state index in [-0.39, 0.29) is 12.5 Å². The Labute approximate surface area is 168 Å². The van der Waals surface area contributed by atoms with Crippen molar-refractivity contribution in [1.82, 2.24) is 4.98 Å². The first-order chi connectivity index (χ1) is 14.2. The molecule has 0 aliphatic heterocycles. The summed E-state index contributed by atoms with van der Waals surface area (Å²) >= 11 is 0. The number of aromatic nitrogens is 1. The Morgan fingerprint density at radius 1 is 1.03 bits per heavy atom. The average molecular weight is 388 g/mol. The summed E-state index contributed by atoms with van der Waals surface area (Å²) in [6.07, 6.45) is 3.40. The molecule has 0 saturated heterocycles. The zero-order valence-corrected chi connectivity index (χ0v) is 15.9. The number of nitrogens with zero attached hydrogens (tertiary/aromatic N) is 2. The van der Waals surface area contributed by atoms with Crippen molar-refractivity contribution < 1.29 is 14.3 Å². The van der Waals surface area contributed by atoms with Gasteiger partial charge >= 0.3 is 0 Å². The second kappa shape index (κ2) is 9.76. The molecule has 1 amide bonds. The van der Waals surface area contributed by atoms with E-state index in [9.17, 15) is 4.79 Å². The minimum Gasteiger partial charge on any atom is -0.493 e. The van der Waals surface area contributed by atoms with Crippen LogP contribution in [-0.2, 0) is 11.4 Å². The van der Waals surface area contributed by atoms with Crippen LogP contribution in [0.2, 0.25) is 0 Å². The number of benzene rings is 2. The molecule has 1 heterocycles. The van der Waals surface area contributed by atoms with E-state index in [1.165, 1.54) is 0 Å². The van der Waals surface area contributed by atoms with E-state index in [1.807, 2.05) is 12.1 Å². The Kier molecular flexibility index (Phi) is 6.63. The fourth-order valence-electron chi connectivity index (χ4n) is 2.56. The molecule has 3 rings (SSSR count). The van der Waals surface area contributed by atoms with Crippen molar-refractivity contribution in [2.75, 3.05) is 24.3 Å². The first kappa shape index (κ1) is 19.7. The van der Waals surface area contributed by atoms with Gasteiger partial charge in [-0.3, -0.25) is 9.78 Å². The molecule has 2 aromatic carbocycles. The second-order valence-corrected chi connectivity index (χ2v) is 6.10. The Hall–Kier alpha value is -4.05. The highest BCUT2D eigenvalue weighted by atomic mass is 16.5. The summed E-state index contributed by atoms with van der Waals surface area (Å²) in [4.78, 5) is 16.2. The summed E-state index contributed by atoms with van der Waals surface area (Å²) in [6, 6.07) is 17.9. The molecule has 2 N–H and O–H groups in total. The molecule has 0 saturated carbocycles. The number of methoxy groups -OCH3 is 1. The molecule has 29 heavy (non-hydrogen) atoms. The van der Waals surface area contributed by atoms with Gasteiger partial charge in [-0.1, -0.05) is 0 Å². The van der Waals surface area contributed by atoms with Gasteiger partial charge in [-0.15, -0.1) is 0 Å². The van der Waals surface area contributed by atoms with Crippen molar-refractivity contribution in [3.8, 4) is 17.6 Å². The van der Waals surface area contributed by atoms with E-state index in [1.54, 1.807) is 62.0 Å². The number of amides is 1. The third-order valence-electron chi connectivity index (χ3n) is 4.06. The van der Waals surface area contributed by atoms with E-state index >= 15 is 0 Å². The van der Waals surface area contributed by atoms with Gasteiger partial charge in [0.05, 0.1) is 25.3 Å². The van der Waals surface area contributed by atoms with Crippen LogP contribution >= 0.6 is 0 Å². The minimum absolute atomic E-state index is 0.0884. The van der Waals surface area contributed by atoms with Crippen molar-refractivity contribution >= 4 is 17.3 Å². The zero-order chi connectivity index (χ0) is 20.5. The highest BCUT2D eigenvalue weighted by Gasteiger charge is 2.09. The number of nitrogens with one attached hydrogen (secondary N) is 2. The van der Waals surface area contributed by atoms with Gasteiger partial charge in [0.1, 0.15) is 6.61 Å². The molecule has 7 heteroatoms. The Morgan fingerprint density at radius 3 is 2.45 bits per heavy atom. The number of hydrogen-bond acceptors (Lipinski definition) is 6. The first-order valence-corrected chi connectivity index (χ1v) is 8.91. The molecular weight excluding hydrogens is 368 g/mol. The van der Waals surface area contributed by atoms with Crippen molar-refractivity contribution in [1.29, 1.82) is 5.26 Å².